The van der Waals surface area contributed by atoms with Crippen LogP contribution >= 0.6 is 0 Å². The zero-order valence-corrected chi connectivity index (χ0v) is 6.99. The van der Waals surface area contributed by atoms with Crippen LogP contribution in [0.4, 0.5) is 0 Å². The molecule has 66 valence electrons. The van der Waals surface area contributed by atoms with Crippen LogP contribution in [0.2, 0.25) is 0 Å². The fourth-order valence-electron chi connectivity index (χ4n) is 1.30. The van der Waals surface area contributed by atoms with Gasteiger partial charge in [-0.2, -0.15) is 4.98 Å². The van der Waals surface area contributed by atoms with Gasteiger partial charge in [-0.25, -0.2) is 0 Å². The smallest absolute Gasteiger partial charge is 0.227 e. The number of hydrogen-bond acceptors (Lipinski definition) is 4. The third kappa shape index (κ3) is 1.82. The van der Waals surface area contributed by atoms with E-state index in [1.165, 1.54) is 25.6 Å². The molecule has 0 saturated heterocycles. The topological polar surface area (TPSA) is 51.0 Å². The molecule has 1 saturated carbocycles. The average molecular weight is 167 g/mol. The minimum absolute atomic E-state index is 0.724. The largest absolute Gasteiger partial charge is 0.340 e. The molecular weight excluding hydrogens is 154 g/mol. The van der Waals surface area contributed by atoms with Gasteiger partial charge in [0.25, 0.3) is 0 Å². The van der Waals surface area contributed by atoms with E-state index < -0.39 is 0 Å². The van der Waals surface area contributed by atoms with Crippen molar-refractivity contribution in [2.24, 2.45) is 0 Å². The van der Waals surface area contributed by atoms with E-state index in [1.807, 2.05) is 0 Å². The monoisotopic (exact) mass is 167 g/mol. The Morgan fingerprint density at radius 2 is 2.50 bits per heavy atom. The Kier molecular flexibility index (Phi) is 2.36. The van der Waals surface area contributed by atoms with Crippen LogP contribution in [0.25, 0.3) is 0 Å². The molecule has 1 N–H and O–H groups in total. The Balaban J connectivity index is 1.62. The van der Waals surface area contributed by atoms with Crippen molar-refractivity contribution < 1.29 is 4.52 Å². The van der Waals surface area contributed by atoms with E-state index in [2.05, 4.69) is 15.5 Å². The maximum Gasteiger partial charge on any atom is 0.227 e. The third-order valence-corrected chi connectivity index (χ3v) is 2.28. The molecule has 4 heteroatoms. The second-order valence-electron chi connectivity index (χ2n) is 3.17. The summed E-state index contributed by atoms with van der Waals surface area (Å²) in [5.74, 6) is 0.724. The van der Waals surface area contributed by atoms with Crippen LogP contribution < -0.4 is 5.32 Å². The van der Waals surface area contributed by atoms with Gasteiger partial charge in [0.15, 0.2) is 6.33 Å². The van der Waals surface area contributed by atoms with Crippen LogP contribution in [0.1, 0.15) is 25.2 Å². The summed E-state index contributed by atoms with van der Waals surface area (Å²) < 4.78 is 4.87. The first kappa shape index (κ1) is 7.73. The van der Waals surface area contributed by atoms with Crippen molar-refractivity contribution in [3.05, 3.63) is 12.2 Å². The Labute approximate surface area is 71.4 Å². The molecule has 0 unspecified atom stereocenters. The zero-order chi connectivity index (χ0) is 8.23. The normalized spacial score (nSPS) is 17.7. The number of nitrogens with zero attached hydrogens (tertiary/aromatic N) is 2. The van der Waals surface area contributed by atoms with Crippen LogP contribution in [0.3, 0.4) is 0 Å². The van der Waals surface area contributed by atoms with E-state index in [1.54, 1.807) is 0 Å². The molecule has 0 radical (unpaired) electrons. The summed E-state index contributed by atoms with van der Waals surface area (Å²) >= 11 is 0. The predicted molar refractivity (Wildman–Crippen MR) is 43.6 cm³/mol. The van der Waals surface area contributed by atoms with Crippen molar-refractivity contribution in [2.45, 2.75) is 31.7 Å². The molecule has 4 nitrogen and oxygen atoms in total. The number of hydrogen-bond donors (Lipinski definition) is 1. The van der Waals surface area contributed by atoms with Gasteiger partial charge in [0, 0.05) is 19.0 Å². The molecule has 1 aliphatic carbocycles. The van der Waals surface area contributed by atoms with Gasteiger partial charge in [-0.3, -0.25) is 0 Å². The first-order valence-electron chi connectivity index (χ1n) is 4.44. The summed E-state index contributed by atoms with van der Waals surface area (Å²) in [5.41, 5.74) is 0. The predicted octanol–water partition coefficient (Wildman–Crippen LogP) is 0.754. The number of nitrogens with one attached hydrogen (secondary N) is 1. The van der Waals surface area contributed by atoms with Gasteiger partial charge in [0.2, 0.25) is 5.89 Å². The Hall–Kier alpha value is -0.900. The molecule has 1 heterocycles. The summed E-state index contributed by atoms with van der Waals surface area (Å²) in [5, 5.41) is 6.97. The average Bonchev–Trinajstić information content (AvgIpc) is 2.46. The van der Waals surface area contributed by atoms with Crippen molar-refractivity contribution in [1.82, 2.24) is 15.5 Å². The molecule has 0 aliphatic heterocycles. The highest BCUT2D eigenvalue weighted by Crippen LogP contribution is 2.17. The molecule has 2 rings (SSSR count). The Morgan fingerprint density at radius 1 is 1.58 bits per heavy atom. The van der Waals surface area contributed by atoms with Crippen molar-refractivity contribution in [1.29, 1.82) is 0 Å². The van der Waals surface area contributed by atoms with E-state index in [0.717, 1.165) is 24.9 Å². The van der Waals surface area contributed by atoms with Crippen molar-refractivity contribution in [3.63, 3.8) is 0 Å². The summed E-state index contributed by atoms with van der Waals surface area (Å²) in [4.78, 5) is 3.94. The van der Waals surface area contributed by atoms with Crippen molar-refractivity contribution >= 4 is 0 Å². The fourth-order valence-corrected chi connectivity index (χ4v) is 1.30. The summed E-state index contributed by atoms with van der Waals surface area (Å²) in [7, 11) is 0. The number of aromatic nitrogens is 2. The molecular formula is C8H13N3O. The number of rotatable bonds is 4. The highest BCUT2D eigenvalue weighted by atomic mass is 16.5. The maximum absolute atomic E-state index is 4.87. The Morgan fingerprint density at radius 3 is 3.08 bits per heavy atom. The second kappa shape index (κ2) is 3.67. The quantitative estimate of drug-likeness (QED) is 0.719. The van der Waals surface area contributed by atoms with Crippen LogP contribution in [-0.2, 0) is 6.42 Å². The molecule has 0 bridgehead atoms. The van der Waals surface area contributed by atoms with Crippen molar-refractivity contribution in [2.75, 3.05) is 6.54 Å². The van der Waals surface area contributed by atoms with Crippen LogP contribution in [-0.4, -0.2) is 22.7 Å². The minimum atomic E-state index is 0.724. The van der Waals surface area contributed by atoms with Gasteiger partial charge in [0.1, 0.15) is 0 Å². The zero-order valence-electron chi connectivity index (χ0n) is 6.99. The molecule has 1 aliphatic rings. The maximum atomic E-state index is 4.87. The lowest BCUT2D eigenvalue weighted by atomic mass is 9.93. The molecule has 0 spiro atoms. The standard InChI is InChI=1S/C8H13N3O/c1-2-7(3-1)9-5-4-8-10-6-11-12-8/h6-7,9H,1-5H2. The van der Waals surface area contributed by atoms with E-state index >= 15 is 0 Å². The minimum Gasteiger partial charge on any atom is -0.340 e. The highest BCUT2D eigenvalue weighted by Gasteiger charge is 2.15. The highest BCUT2D eigenvalue weighted by molar-refractivity contribution is 4.80. The van der Waals surface area contributed by atoms with Gasteiger partial charge in [-0.05, 0) is 12.8 Å². The van der Waals surface area contributed by atoms with Gasteiger partial charge in [0.05, 0.1) is 0 Å². The molecule has 12 heavy (non-hydrogen) atoms. The molecule has 1 fully saturated rings. The summed E-state index contributed by atoms with van der Waals surface area (Å²) in [6.07, 6.45) is 6.31. The molecule has 0 amide bonds. The van der Waals surface area contributed by atoms with Crippen LogP contribution in [0.15, 0.2) is 10.9 Å². The second-order valence-corrected chi connectivity index (χ2v) is 3.17. The molecule has 1 aromatic heterocycles. The van der Waals surface area contributed by atoms with Gasteiger partial charge in [-0.15, -0.1) is 0 Å². The van der Waals surface area contributed by atoms with Gasteiger partial charge >= 0.3 is 0 Å². The third-order valence-electron chi connectivity index (χ3n) is 2.28. The lowest BCUT2D eigenvalue weighted by Gasteiger charge is -2.26. The summed E-state index contributed by atoms with van der Waals surface area (Å²) in [6.45, 7) is 0.951. The fraction of sp³-hybridized carbons (Fsp3) is 0.750. The van der Waals surface area contributed by atoms with E-state index in [9.17, 15) is 0 Å². The first-order chi connectivity index (χ1) is 5.95. The molecule has 1 aromatic rings. The first-order valence-corrected chi connectivity index (χ1v) is 4.44. The summed E-state index contributed by atoms with van der Waals surface area (Å²) in [6, 6.07) is 0.743. The SMILES string of the molecule is c1noc(CCNC2CCC2)n1. The van der Waals surface area contributed by atoms with Crippen LogP contribution in [0.5, 0.6) is 0 Å². The van der Waals surface area contributed by atoms with E-state index in [4.69, 9.17) is 4.52 Å². The van der Waals surface area contributed by atoms with E-state index in [0.29, 0.717) is 0 Å². The van der Waals surface area contributed by atoms with E-state index in [-0.39, 0.29) is 0 Å². The van der Waals surface area contributed by atoms with Gasteiger partial charge < -0.3 is 9.84 Å². The van der Waals surface area contributed by atoms with Gasteiger partial charge in [-0.1, -0.05) is 11.6 Å². The lowest BCUT2D eigenvalue weighted by Crippen LogP contribution is -2.36. The molecule has 0 aromatic carbocycles. The lowest BCUT2D eigenvalue weighted by molar-refractivity contribution is 0.328. The molecule has 0 atom stereocenters. The Bertz CT molecular complexity index is 218. The van der Waals surface area contributed by atoms with Crippen molar-refractivity contribution in [3.8, 4) is 0 Å². The van der Waals surface area contributed by atoms with Crippen LogP contribution in [0, 0.1) is 0 Å².